The molecule has 16 heavy (non-hydrogen) atoms. The summed E-state index contributed by atoms with van der Waals surface area (Å²) in [5.41, 5.74) is 2.56. The van der Waals surface area contributed by atoms with Crippen LogP contribution in [0, 0.1) is 6.92 Å². The minimum absolute atomic E-state index is 0.382. The van der Waals surface area contributed by atoms with Crippen LogP contribution in [0.25, 0.3) is 0 Å². The summed E-state index contributed by atoms with van der Waals surface area (Å²) < 4.78 is 5.07. The Balaban J connectivity index is 2.70. The van der Waals surface area contributed by atoms with Crippen molar-refractivity contribution < 1.29 is 4.74 Å². The van der Waals surface area contributed by atoms with Gasteiger partial charge in [-0.2, -0.15) is 0 Å². The van der Waals surface area contributed by atoms with Crippen LogP contribution in [-0.2, 0) is 4.74 Å². The van der Waals surface area contributed by atoms with Gasteiger partial charge < -0.3 is 10.1 Å². The molecule has 2 nitrogen and oxygen atoms in total. The topological polar surface area (TPSA) is 21.3 Å². The van der Waals surface area contributed by atoms with Gasteiger partial charge in [0.05, 0.1) is 0 Å². The predicted octanol–water partition coefficient (Wildman–Crippen LogP) is 3.34. The van der Waals surface area contributed by atoms with Crippen molar-refractivity contribution in [1.29, 1.82) is 0 Å². The molecule has 0 radical (unpaired) electrons. The second-order valence-electron chi connectivity index (χ2n) is 3.98. The molecule has 90 valence electrons. The highest BCUT2D eigenvalue weighted by atomic mass is 35.5. The molecule has 1 atom stereocenters. The Morgan fingerprint density at radius 1 is 1.44 bits per heavy atom. The maximum Gasteiger partial charge on any atom is 0.0462 e. The van der Waals surface area contributed by atoms with Crippen LogP contribution in [0.3, 0.4) is 0 Å². The van der Waals surface area contributed by atoms with Crippen molar-refractivity contribution >= 4 is 11.6 Å². The van der Waals surface area contributed by atoms with Gasteiger partial charge in [0.15, 0.2) is 0 Å². The lowest BCUT2D eigenvalue weighted by molar-refractivity contribution is 0.189. The SMILES string of the molecule is CNC(CCCOC)c1ccc(Cl)cc1C. The fraction of sp³-hybridized carbons (Fsp3) is 0.538. The van der Waals surface area contributed by atoms with Crippen molar-refractivity contribution in [2.75, 3.05) is 20.8 Å². The molecule has 0 amide bonds. The van der Waals surface area contributed by atoms with Crippen LogP contribution in [0.2, 0.25) is 5.02 Å². The molecule has 1 N–H and O–H groups in total. The normalized spacial score (nSPS) is 12.8. The Labute approximate surface area is 103 Å². The number of hydrogen-bond donors (Lipinski definition) is 1. The Hall–Kier alpha value is -0.570. The number of aryl methyl sites for hydroxylation is 1. The number of methoxy groups -OCH3 is 1. The van der Waals surface area contributed by atoms with Gasteiger partial charge in [0.2, 0.25) is 0 Å². The molecule has 1 unspecified atom stereocenters. The van der Waals surface area contributed by atoms with Crippen molar-refractivity contribution in [2.45, 2.75) is 25.8 Å². The zero-order valence-corrected chi connectivity index (χ0v) is 11.0. The molecule has 0 saturated heterocycles. The van der Waals surface area contributed by atoms with E-state index in [0.29, 0.717) is 6.04 Å². The summed E-state index contributed by atoms with van der Waals surface area (Å²) in [6, 6.07) is 6.45. The molecule has 0 saturated carbocycles. The van der Waals surface area contributed by atoms with Gasteiger partial charge in [0, 0.05) is 24.8 Å². The molecule has 0 aliphatic heterocycles. The van der Waals surface area contributed by atoms with Crippen LogP contribution in [0.5, 0.6) is 0 Å². The van der Waals surface area contributed by atoms with E-state index in [1.807, 2.05) is 19.2 Å². The highest BCUT2D eigenvalue weighted by Crippen LogP contribution is 2.24. The van der Waals surface area contributed by atoms with Gasteiger partial charge in [0.25, 0.3) is 0 Å². The average molecular weight is 242 g/mol. The lowest BCUT2D eigenvalue weighted by Crippen LogP contribution is -2.17. The van der Waals surface area contributed by atoms with Crippen molar-refractivity contribution in [2.24, 2.45) is 0 Å². The van der Waals surface area contributed by atoms with E-state index in [0.717, 1.165) is 24.5 Å². The molecule has 1 aromatic carbocycles. The molecular weight excluding hydrogens is 222 g/mol. The quantitative estimate of drug-likeness (QED) is 0.772. The molecule has 0 aliphatic carbocycles. The largest absolute Gasteiger partial charge is 0.385 e. The van der Waals surface area contributed by atoms with Crippen LogP contribution in [-0.4, -0.2) is 20.8 Å². The van der Waals surface area contributed by atoms with Crippen LogP contribution >= 0.6 is 11.6 Å². The standard InChI is InChI=1S/C13H20ClNO/c1-10-9-11(14)6-7-12(10)13(15-2)5-4-8-16-3/h6-7,9,13,15H,4-5,8H2,1-3H3. The summed E-state index contributed by atoms with van der Waals surface area (Å²) in [4.78, 5) is 0. The van der Waals surface area contributed by atoms with Gasteiger partial charge >= 0.3 is 0 Å². The molecular formula is C13H20ClNO. The van der Waals surface area contributed by atoms with E-state index >= 15 is 0 Å². The molecule has 1 rings (SSSR count). The second-order valence-corrected chi connectivity index (χ2v) is 4.41. The number of hydrogen-bond acceptors (Lipinski definition) is 2. The van der Waals surface area contributed by atoms with Crippen molar-refractivity contribution in [3.63, 3.8) is 0 Å². The first-order valence-corrected chi connectivity index (χ1v) is 5.99. The second kappa shape index (κ2) is 6.89. The van der Waals surface area contributed by atoms with Crippen LogP contribution in [0.15, 0.2) is 18.2 Å². The molecule has 0 aromatic heterocycles. The predicted molar refractivity (Wildman–Crippen MR) is 69.1 cm³/mol. The third kappa shape index (κ3) is 3.78. The van der Waals surface area contributed by atoms with Gasteiger partial charge in [-0.15, -0.1) is 0 Å². The summed E-state index contributed by atoms with van der Waals surface area (Å²) in [5, 5.41) is 4.14. The van der Waals surface area contributed by atoms with Crippen LogP contribution in [0.4, 0.5) is 0 Å². The molecule has 0 heterocycles. The van der Waals surface area contributed by atoms with E-state index in [1.54, 1.807) is 7.11 Å². The molecule has 0 spiro atoms. The third-order valence-corrected chi connectivity index (χ3v) is 3.03. The molecule has 1 aromatic rings. The van der Waals surface area contributed by atoms with Crippen molar-refractivity contribution in [3.05, 3.63) is 34.3 Å². The maximum absolute atomic E-state index is 5.95. The van der Waals surface area contributed by atoms with Crippen LogP contribution < -0.4 is 5.32 Å². The van der Waals surface area contributed by atoms with E-state index in [2.05, 4.69) is 18.3 Å². The van der Waals surface area contributed by atoms with Gasteiger partial charge in [-0.1, -0.05) is 17.7 Å². The average Bonchev–Trinajstić information content (AvgIpc) is 2.26. The molecule has 0 fully saturated rings. The first kappa shape index (κ1) is 13.5. The molecule has 0 bridgehead atoms. The fourth-order valence-corrected chi connectivity index (χ4v) is 2.14. The summed E-state index contributed by atoms with van der Waals surface area (Å²) in [5.74, 6) is 0. The monoisotopic (exact) mass is 241 g/mol. The summed E-state index contributed by atoms with van der Waals surface area (Å²) in [7, 11) is 3.73. The Morgan fingerprint density at radius 3 is 2.75 bits per heavy atom. The first-order valence-electron chi connectivity index (χ1n) is 5.61. The minimum Gasteiger partial charge on any atom is -0.385 e. The third-order valence-electron chi connectivity index (χ3n) is 2.80. The lowest BCUT2D eigenvalue weighted by Gasteiger charge is -2.18. The zero-order valence-electron chi connectivity index (χ0n) is 10.2. The summed E-state index contributed by atoms with van der Waals surface area (Å²) >= 11 is 5.95. The highest BCUT2D eigenvalue weighted by Gasteiger charge is 2.11. The minimum atomic E-state index is 0.382. The Morgan fingerprint density at radius 2 is 2.19 bits per heavy atom. The van der Waals surface area contributed by atoms with Crippen molar-refractivity contribution in [1.82, 2.24) is 5.32 Å². The van der Waals surface area contributed by atoms with Crippen molar-refractivity contribution in [3.8, 4) is 0 Å². The van der Waals surface area contributed by atoms with E-state index in [4.69, 9.17) is 16.3 Å². The van der Waals surface area contributed by atoms with E-state index < -0.39 is 0 Å². The molecule has 0 aliphatic rings. The lowest BCUT2D eigenvalue weighted by atomic mass is 9.98. The van der Waals surface area contributed by atoms with E-state index in [1.165, 1.54) is 11.1 Å². The highest BCUT2D eigenvalue weighted by molar-refractivity contribution is 6.30. The fourth-order valence-electron chi connectivity index (χ4n) is 1.92. The Kier molecular flexibility index (Phi) is 5.81. The number of rotatable bonds is 6. The zero-order chi connectivity index (χ0) is 12.0. The van der Waals surface area contributed by atoms with Gasteiger partial charge in [-0.25, -0.2) is 0 Å². The van der Waals surface area contributed by atoms with Crippen LogP contribution in [0.1, 0.15) is 30.0 Å². The smallest absolute Gasteiger partial charge is 0.0462 e. The van der Waals surface area contributed by atoms with Gasteiger partial charge in [-0.3, -0.25) is 0 Å². The summed E-state index contributed by atoms with van der Waals surface area (Å²) in [6.45, 7) is 2.91. The van der Waals surface area contributed by atoms with E-state index in [9.17, 15) is 0 Å². The first-order chi connectivity index (χ1) is 7.69. The van der Waals surface area contributed by atoms with E-state index in [-0.39, 0.29) is 0 Å². The maximum atomic E-state index is 5.95. The van der Waals surface area contributed by atoms with Gasteiger partial charge in [0.1, 0.15) is 0 Å². The Bertz CT molecular complexity index is 328. The number of ether oxygens (including phenoxy) is 1. The number of halogens is 1. The molecule has 3 heteroatoms. The number of benzene rings is 1. The van der Waals surface area contributed by atoms with Gasteiger partial charge in [-0.05, 0) is 50.1 Å². The number of nitrogens with one attached hydrogen (secondary N) is 1. The summed E-state index contributed by atoms with van der Waals surface area (Å²) in [6.07, 6.45) is 2.14.